The van der Waals surface area contributed by atoms with Gasteiger partial charge in [-0.25, -0.2) is 4.57 Å². The van der Waals surface area contributed by atoms with Crippen molar-refractivity contribution in [2.45, 2.75) is 289 Å². The number of nitrogens with one attached hydrogen (secondary N) is 1. The summed E-state index contributed by atoms with van der Waals surface area (Å²) < 4.78 is 23.7. The molecule has 8 nitrogen and oxygen atoms in total. The minimum atomic E-state index is -4.34. The molecule has 0 aliphatic carbocycles. The average molecular weight is 914 g/mol. The standard InChI is InChI=1S/C54H109N2O6P/c1-6-8-10-12-14-16-18-20-22-24-25-26-27-28-29-30-31-32-34-36-38-40-42-44-46-48-54(58)55-52(51-62-63(59,60)61-50-49-56(3,4)5)53(57)47-45-43-41-39-37-35-33-23-21-19-17-15-13-11-9-7-2/h45,47,52-53,57H,6-44,46,48-51H2,1-5H3,(H-,55,58,59,60)/p+1/b47-45+/t52-,53+/m0/s1. The number of carbonyl (C=O) groups is 1. The summed E-state index contributed by atoms with van der Waals surface area (Å²) in [4.78, 5) is 23.3. The van der Waals surface area contributed by atoms with Crippen LogP contribution in [0.2, 0.25) is 0 Å². The molecule has 0 rings (SSSR count). The van der Waals surface area contributed by atoms with Gasteiger partial charge in [0.25, 0.3) is 0 Å². The van der Waals surface area contributed by atoms with E-state index in [9.17, 15) is 19.4 Å². The van der Waals surface area contributed by atoms with Crippen molar-refractivity contribution < 1.29 is 32.9 Å². The molecule has 0 radical (unpaired) electrons. The summed E-state index contributed by atoms with van der Waals surface area (Å²) in [6.45, 7) is 4.86. The molecule has 0 heterocycles. The topological polar surface area (TPSA) is 105 Å². The highest BCUT2D eigenvalue weighted by atomic mass is 31.2. The number of aliphatic hydroxyl groups is 1. The fourth-order valence-corrected chi connectivity index (χ4v) is 9.13. The number of quaternary nitrogens is 1. The first-order valence-corrected chi connectivity index (χ1v) is 29.1. The number of allylic oxidation sites excluding steroid dienone is 1. The highest BCUT2D eigenvalue weighted by molar-refractivity contribution is 7.47. The predicted molar refractivity (Wildman–Crippen MR) is 272 cm³/mol. The molecule has 376 valence electrons. The van der Waals surface area contributed by atoms with Gasteiger partial charge in [-0.1, -0.05) is 264 Å². The van der Waals surface area contributed by atoms with E-state index in [2.05, 4.69) is 19.2 Å². The van der Waals surface area contributed by atoms with Crippen molar-refractivity contribution in [1.82, 2.24) is 5.32 Å². The van der Waals surface area contributed by atoms with Crippen molar-refractivity contribution in [3.8, 4) is 0 Å². The molecule has 3 atom stereocenters. The predicted octanol–water partition coefficient (Wildman–Crippen LogP) is 16.3. The van der Waals surface area contributed by atoms with Gasteiger partial charge < -0.3 is 19.8 Å². The first kappa shape index (κ1) is 62.2. The molecule has 0 aromatic heterocycles. The van der Waals surface area contributed by atoms with Crippen molar-refractivity contribution in [3.05, 3.63) is 12.2 Å². The zero-order chi connectivity index (χ0) is 46.4. The fraction of sp³-hybridized carbons (Fsp3) is 0.944. The van der Waals surface area contributed by atoms with Gasteiger partial charge >= 0.3 is 7.82 Å². The molecule has 63 heavy (non-hydrogen) atoms. The van der Waals surface area contributed by atoms with E-state index in [1.165, 1.54) is 225 Å². The molecule has 0 spiro atoms. The maximum atomic E-state index is 13.0. The molecule has 0 aliphatic rings. The number of nitrogens with zero attached hydrogens (tertiary/aromatic N) is 1. The van der Waals surface area contributed by atoms with E-state index in [4.69, 9.17) is 9.05 Å². The van der Waals surface area contributed by atoms with E-state index >= 15 is 0 Å². The van der Waals surface area contributed by atoms with E-state index in [-0.39, 0.29) is 19.1 Å². The van der Waals surface area contributed by atoms with Crippen LogP contribution < -0.4 is 5.32 Å². The van der Waals surface area contributed by atoms with Gasteiger partial charge in [0, 0.05) is 6.42 Å². The number of rotatable bonds is 51. The third-order valence-corrected chi connectivity index (χ3v) is 13.7. The first-order valence-electron chi connectivity index (χ1n) is 27.6. The van der Waals surface area contributed by atoms with E-state index in [1.54, 1.807) is 6.08 Å². The number of hydrogen-bond donors (Lipinski definition) is 3. The lowest BCUT2D eigenvalue weighted by atomic mass is 10.0. The summed E-state index contributed by atoms with van der Waals surface area (Å²) in [5.41, 5.74) is 0. The Balaban J connectivity index is 4.16. The van der Waals surface area contributed by atoms with E-state index in [0.717, 1.165) is 32.1 Å². The number of likely N-dealkylation sites (N-methyl/N-ethyl adjacent to an activating group) is 1. The number of phosphoric ester groups is 1. The molecule has 1 amide bonds. The maximum Gasteiger partial charge on any atom is 0.472 e. The minimum Gasteiger partial charge on any atom is -0.387 e. The fourth-order valence-electron chi connectivity index (χ4n) is 8.40. The minimum absolute atomic E-state index is 0.0650. The van der Waals surface area contributed by atoms with Crippen LogP contribution in [0.3, 0.4) is 0 Å². The van der Waals surface area contributed by atoms with E-state index in [0.29, 0.717) is 17.4 Å². The van der Waals surface area contributed by atoms with Gasteiger partial charge in [0.15, 0.2) is 0 Å². The van der Waals surface area contributed by atoms with Gasteiger partial charge in [0.05, 0.1) is 39.9 Å². The summed E-state index contributed by atoms with van der Waals surface area (Å²) >= 11 is 0. The molecule has 0 fully saturated rings. The number of amides is 1. The Kier molecular flexibility index (Phi) is 45.8. The lowest BCUT2D eigenvalue weighted by molar-refractivity contribution is -0.870. The van der Waals surface area contributed by atoms with Crippen LogP contribution in [0.5, 0.6) is 0 Å². The third kappa shape index (κ3) is 49.0. The van der Waals surface area contributed by atoms with Crippen molar-refractivity contribution in [2.24, 2.45) is 0 Å². The van der Waals surface area contributed by atoms with E-state index in [1.807, 2.05) is 27.2 Å². The number of aliphatic hydroxyl groups excluding tert-OH is 1. The lowest BCUT2D eigenvalue weighted by Gasteiger charge is -2.25. The Morgan fingerprint density at radius 2 is 0.841 bits per heavy atom. The van der Waals surface area contributed by atoms with Crippen molar-refractivity contribution in [1.29, 1.82) is 0 Å². The Morgan fingerprint density at radius 3 is 1.17 bits per heavy atom. The Hall–Kier alpha value is -0.760. The molecule has 3 N–H and O–H groups in total. The third-order valence-electron chi connectivity index (χ3n) is 12.8. The smallest absolute Gasteiger partial charge is 0.387 e. The van der Waals surface area contributed by atoms with Crippen LogP contribution in [-0.2, 0) is 18.4 Å². The molecule has 1 unspecified atom stereocenters. The summed E-state index contributed by atoms with van der Waals surface area (Å²) in [5.74, 6) is -0.171. The molecule has 0 saturated carbocycles. The van der Waals surface area contributed by atoms with Crippen LogP contribution in [0.15, 0.2) is 12.2 Å². The van der Waals surface area contributed by atoms with Crippen molar-refractivity contribution in [2.75, 3.05) is 40.9 Å². The van der Waals surface area contributed by atoms with Gasteiger partial charge in [-0.3, -0.25) is 13.8 Å². The quantitative estimate of drug-likeness (QED) is 0.0243. The number of unbranched alkanes of at least 4 members (excludes halogenated alkanes) is 38. The SMILES string of the molecule is CCCCCCCCCCCCCCCC/C=C/[C@@H](O)[C@H](COP(=O)(O)OCC[N+](C)(C)C)NC(=O)CCCCCCCCCCCCCCCCCCCCCCCCCCC. The van der Waals surface area contributed by atoms with Gasteiger partial charge in [-0.2, -0.15) is 0 Å². The maximum absolute atomic E-state index is 13.0. The van der Waals surface area contributed by atoms with Gasteiger partial charge in [0.2, 0.25) is 5.91 Å². The molecule has 0 aromatic rings. The Bertz CT molecular complexity index is 1040. The monoisotopic (exact) mass is 914 g/mol. The van der Waals surface area contributed by atoms with Crippen molar-refractivity contribution >= 4 is 13.7 Å². The molecule has 0 aliphatic heterocycles. The van der Waals surface area contributed by atoms with Gasteiger partial charge in [-0.05, 0) is 19.3 Å². The van der Waals surface area contributed by atoms with Crippen molar-refractivity contribution in [3.63, 3.8) is 0 Å². The molecule has 0 aromatic carbocycles. The zero-order valence-electron chi connectivity index (χ0n) is 42.8. The normalized spacial score (nSPS) is 14.1. The van der Waals surface area contributed by atoms with Crippen LogP contribution >= 0.6 is 7.82 Å². The van der Waals surface area contributed by atoms with Crippen LogP contribution in [0, 0.1) is 0 Å². The van der Waals surface area contributed by atoms with Crippen LogP contribution in [0.1, 0.15) is 277 Å². The highest BCUT2D eigenvalue weighted by Gasteiger charge is 2.27. The van der Waals surface area contributed by atoms with Crippen LogP contribution in [0.4, 0.5) is 0 Å². The molecule has 9 heteroatoms. The molecule has 0 saturated heterocycles. The summed E-state index contributed by atoms with van der Waals surface area (Å²) in [6.07, 6.45) is 55.9. The second-order valence-corrected chi connectivity index (χ2v) is 21.8. The van der Waals surface area contributed by atoms with Crippen LogP contribution in [0.25, 0.3) is 0 Å². The first-order chi connectivity index (χ1) is 30.5. The zero-order valence-corrected chi connectivity index (χ0v) is 43.7. The van der Waals surface area contributed by atoms with Crippen LogP contribution in [-0.4, -0.2) is 73.4 Å². The number of carbonyl (C=O) groups excluding carboxylic acids is 1. The largest absolute Gasteiger partial charge is 0.472 e. The van der Waals surface area contributed by atoms with E-state index < -0.39 is 20.0 Å². The number of phosphoric acid groups is 1. The second kappa shape index (κ2) is 46.4. The van der Waals surface area contributed by atoms with Gasteiger partial charge in [-0.15, -0.1) is 0 Å². The molecular formula is C54H110N2O6P+. The number of hydrogen-bond acceptors (Lipinski definition) is 5. The average Bonchev–Trinajstić information content (AvgIpc) is 3.24. The summed E-state index contributed by atoms with van der Waals surface area (Å²) in [6, 6.07) is -0.841. The van der Waals surface area contributed by atoms with Gasteiger partial charge in [0.1, 0.15) is 13.2 Å². The lowest BCUT2D eigenvalue weighted by Crippen LogP contribution is -2.45. The molecular weight excluding hydrogens is 804 g/mol. The summed E-state index contributed by atoms with van der Waals surface area (Å²) in [7, 11) is 1.59. The summed E-state index contributed by atoms with van der Waals surface area (Å²) in [5, 5.41) is 13.9. The highest BCUT2D eigenvalue weighted by Crippen LogP contribution is 2.43. The Labute approximate surface area is 392 Å². The Morgan fingerprint density at radius 1 is 0.524 bits per heavy atom. The molecule has 0 bridgehead atoms. The second-order valence-electron chi connectivity index (χ2n) is 20.3.